The molecule has 3 heteroatoms. The molecule has 0 aromatic carbocycles. The Balaban J connectivity index is 2.18. The first-order chi connectivity index (χ1) is 7.24. The molecule has 0 radical (unpaired) electrons. The van der Waals surface area contributed by atoms with Gasteiger partial charge in [0.2, 0.25) is 0 Å². The van der Waals surface area contributed by atoms with E-state index in [2.05, 4.69) is 42.6 Å². The molecule has 1 aromatic heterocycles. The molecule has 0 fully saturated rings. The lowest BCUT2D eigenvalue weighted by Gasteiger charge is -2.16. The van der Waals surface area contributed by atoms with Crippen LogP contribution in [0.3, 0.4) is 0 Å². The van der Waals surface area contributed by atoms with Crippen molar-refractivity contribution in [1.82, 2.24) is 10.2 Å². The third-order valence-electron chi connectivity index (χ3n) is 2.48. The monoisotopic (exact) mass is 226 g/mol. The molecule has 0 bridgehead atoms. The molecule has 15 heavy (non-hydrogen) atoms. The van der Waals surface area contributed by atoms with Gasteiger partial charge in [0.1, 0.15) is 0 Å². The minimum Gasteiger partial charge on any atom is -0.315 e. The Kier molecular flexibility index (Phi) is 5.91. The van der Waals surface area contributed by atoms with Crippen LogP contribution in [0.1, 0.15) is 23.8 Å². The highest BCUT2D eigenvalue weighted by Crippen LogP contribution is 2.16. The summed E-state index contributed by atoms with van der Waals surface area (Å²) in [6.45, 7) is 8.82. The van der Waals surface area contributed by atoms with Gasteiger partial charge in [-0.2, -0.15) is 0 Å². The van der Waals surface area contributed by atoms with Crippen LogP contribution in [0, 0.1) is 6.92 Å². The minimum atomic E-state index is 1.08. The SMILES string of the molecule is CCCNCCN(C)Cc1sccc1C. The lowest BCUT2D eigenvalue weighted by Crippen LogP contribution is -2.29. The van der Waals surface area contributed by atoms with Crippen molar-refractivity contribution in [2.24, 2.45) is 0 Å². The predicted octanol–water partition coefficient (Wildman–Crippen LogP) is 2.49. The molecule has 2 nitrogen and oxygen atoms in total. The number of aryl methyl sites for hydroxylation is 1. The Bertz CT molecular complexity index is 270. The molecule has 0 aliphatic heterocycles. The summed E-state index contributed by atoms with van der Waals surface area (Å²) in [4.78, 5) is 3.87. The van der Waals surface area contributed by atoms with Crippen LogP contribution >= 0.6 is 11.3 Å². The molecule has 0 saturated carbocycles. The van der Waals surface area contributed by atoms with Gasteiger partial charge in [0.25, 0.3) is 0 Å². The first-order valence-electron chi connectivity index (χ1n) is 5.66. The van der Waals surface area contributed by atoms with E-state index in [9.17, 15) is 0 Å². The Morgan fingerprint density at radius 2 is 2.20 bits per heavy atom. The van der Waals surface area contributed by atoms with E-state index in [-0.39, 0.29) is 0 Å². The highest BCUT2D eigenvalue weighted by molar-refractivity contribution is 7.10. The summed E-state index contributed by atoms with van der Waals surface area (Å²) in [7, 11) is 2.19. The number of hydrogen-bond donors (Lipinski definition) is 1. The zero-order chi connectivity index (χ0) is 11.1. The molecule has 0 spiro atoms. The summed E-state index contributed by atoms with van der Waals surface area (Å²) in [6.07, 6.45) is 1.22. The molecule has 0 unspecified atom stereocenters. The maximum atomic E-state index is 3.42. The lowest BCUT2D eigenvalue weighted by molar-refractivity contribution is 0.327. The molecule has 1 rings (SSSR count). The largest absolute Gasteiger partial charge is 0.315 e. The fourth-order valence-electron chi connectivity index (χ4n) is 1.46. The summed E-state index contributed by atoms with van der Waals surface area (Å²) >= 11 is 1.86. The van der Waals surface area contributed by atoms with E-state index >= 15 is 0 Å². The second kappa shape index (κ2) is 6.99. The van der Waals surface area contributed by atoms with Crippen molar-refractivity contribution >= 4 is 11.3 Å². The van der Waals surface area contributed by atoms with E-state index in [1.165, 1.54) is 16.9 Å². The minimum absolute atomic E-state index is 1.08. The van der Waals surface area contributed by atoms with Gasteiger partial charge in [-0.05, 0) is 43.9 Å². The van der Waals surface area contributed by atoms with E-state index in [1.54, 1.807) is 0 Å². The van der Waals surface area contributed by atoms with Crippen molar-refractivity contribution in [1.29, 1.82) is 0 Å². The third kappa shape index (κ3) is 4.78. The van der Waals surface area contributed by atoms with Gasteiger partial charge in [-0.1, -0.05) is 6.92 Å². The van der Waals surface area contributed by atoms with Crippen molar-refractivity contribution < 1.29 is 0 Å². The third-order valence-corrected chi connectivity index (χ3v) is 3.49. The fourth-order valence-corrected chi connectivity index (χ4v) is 2.45. The molecule has 0 aliphatic carbocycles. The van der Waals surface area contributed by atoms with E-state index in [0.29, 0.717) is 0 Å². The van der Waals surface area contributed by atoms with Gasteiger partial charge in [-0.3, -0.25) is 0 Å². The van der Waals surface area contributed by atoms with Gasteiger partial charge in [-0.15, -0.1) is 11.3 Å². The van der Waals surface area contributed by atoms with Crippen LogP contribution < -0.4 is 5.32 Å². The Morgan fingerprint density at radius 1 is 1.40 bits per heavy atom. The number of nitrogens with one attached hydrogen (secondary N) is 1. The number of rotatable bonds is 7. The Labute approximate surface area is 97.3 Å². The van der Waals surface area contributed by atoms with Gasteiger partial charge < -0.3 is 10.2 Å². The van der Waals surface area contributed by atoms with Crippen LogP contribution in [-0.2, 0) is 6.54 Å². The summed E-state index contributed by atoms with van der Waals surface area (Å²) < 4.78 is 0. The van der Waals surface area contributed by atoms with Crippen LogP contribution in [0.15, 0.2) is 11.4 Å². The van der Waals surface area contributed by atoms with E-state index in [1.807, 2.05) is 11.3 Å². The molecule has 0 aliphatic rings. The van der Waals surface area contributed by atoms with Gasteiger partial charge in [0.15, 0.2) is 0 Å². The first-order valence-corrected chi connectivity index (χ1v) is 6.54. The van der Waals surface area contributed by atoms with Crippen molar-refractivity contribution in [2.45, 2.75) is 26.8 Å². The maximum Gasteiger partial charge on any atom is 0.0328 e. The molecule has 1 N–H and O–H groups in total. The number of hydrogen-bond acceptors (Lipinski definition) is 3. The topological polar surface area (TPSA) is 15.3 Å². The van der Waals surface area contributed by atoms with Crippen molar-refractivity contribution in [2.75, 3.05) is 26.7 Å². The molecule has 1 aromatic rings. The van der Waals surface area contributed by atoms with Crippen molar-refractivity contribution in [3.63, 3.8) is 0 Å². The quantitative estimate of drug-likeness (QED) is 0.719. The van der Waals surface area contributed by atoms with Crippen LogP contribution in [-0.4, -0.2) is 31.6 Å². The van der Waals surface area contributed by atoms with E-state index in [4.69, 9.17) is 0 Å². The average molecular weight is 226 g/mol. The second-order valence-corrected chi connectivity index (χ2v) is 5.02. The zero-order valence-electron chi connectivity index (χ0n) is 10.0. The number of likely N-dealkylation sites (N-methyl/N-ethyl adjacent to an activating group) is 1. The van der Waals surface area contributed by atoms with Gasteiger partial charge in [0, 0.05) is 24.5 Å². The molecule has 0 saturated heterocycles. The Hall–Kier alpha value is -0.380. The number of nitrogens with zero attached hydrogens (tertiary/aromatic N) is 1. The van der Waals surface area contributed by atoms with Gasteiger partial charge >= 0.3 is 0 Å². The summed E-state index contributed by atoms with van der Waals surface area (Å²) in [5, 5.41) is 5.60. The highest BCUT2D eigenvalue weighted by Gasteiger charge is 2.03. The molecular formula is C12H22N2S. The van der Waals surface area contributed by atoms with Crippen LogP contribution in [0.25, 0.3) is 0 Å². The second-order valence-electron chi connectivity index (χ2n) is 4.01. The van der Waals surface area contributed by atoms with Gasteiger partial charge in [-0.25, -0.2) is 0 Å². The van der Waals surface area contributed by atoms with E-state index in [0.717, 1.165) is 26.2 Å². The van der Waals surface area contributed by atoms with Crippen LogP contribution in [0.4, 0.5) is 0 Å². The van der Waals surface area contributed by atoms with Gasteiger partial charge in [0.05, 0.1) is 0 Å². The fraction of sp³-hybridized carbons (Fsp3) is 0.667. The molecule has 0 amide bonds. The van der Waals surface area contributed by atoms with Crippen molar-refractivity contribution in [3.8, 4) is 0 Å². The molecule has 1 heterocycles. The molecule has 0 atom stereocenters. The maximum absolute atomic E-state index is 3.42. The standard InChI is InChI=1S/C12H22N2S/c1-4-6-13-7-8-14(3)10-12-11(2)5-9-15-12/h5,9,13H,4,6-8,10H2,1-3H3. The molecular weight excluding hydrogens is 204 g/mol. The van der Waals surface area contributed by atoms with Crippen molar-refractivity contribution in [3.05, 3.63) is 21.9 Å². The lowest BCUT2D eigenvalue weighted by atomic mass is 10.3. The van der Waals surface area contributed by atoms with Crippen LogP contribution in [0.5, 0.6) is 0 Å². The van der Waals surface area contributed by atoms with Crippen LogP contribution in [0.2, 0.25) is 0 Å². The highest BCUT2D eigenvalue weighted by atomic mass is 32.1. The summed E-state index contributed by atoms with van der Waals surface area (Å²) in [6, 6.07) is 2.20. The Morgan fingerprint density at radius 3 is 2.80 bits per heavy atom. The average Bonchev–Trinajstić information content (AvgIpc) is 2.59. The molecule has 86 valence electrons. The smallest absolute Gasteiger partial charge is 0.0328 e. The summed E-state index contributed by atoms with van der Waals surface area (Å²) in [5.41, 5.74) is 1.42. The number of thiophene rings is 1. The normalized spacial score (nSPS) is 11.2. The summed E-state index contributed by atoms with van der Waals surface area (Å²) in [5.74, 6) is 0. The van der Waals surface area contributed by atoms with E-state index < -0.39 is 0 Å². The zero-order valence-corrected chi connectivity index (χ0v) is 10.9. The first kappa shape index (κ1) is 12.7. The predicted molar refractivity (Wildman–Crippen MR) is 68.6 cm³/mol.